The first-order valence-corrected chi connectivity index (χ1v) is 9.34. The SMILES string of the molecule is COc1cc(C(=O)N2CCN=C2SCc2cccnc2)cc(OC)c1OC. The molecule has 1 aliphatic rings. The van der Waals surface area contributed by atoms with Gasteiger partial charge in [0, 0.05) is 30.3 Å². The summed E-state index contributed by atoms with van der Waals surface area (Å²) in [5.41, 5.74) is 1.54. The third kappa shape index (κ3) is 4.16. The molecule has 0 saturated heterocycles. The predicted octanol–water partition coefficient (Wildman–Crippen LogP) is 2.85. The molecule has 2 aromatic rings. The molecule has 0 saturated carbocycles. The number of methoxy groups -OCH3 is 3. The zero-order valence-electron chi connectivity index (χ0n) is 15.5. The van der Waals surface area contributed by atoms with Crippen molar-refractivity contribution in [1.82, 2.24) is 9.88 Å². The van der Waals surface area contributed by atoms with E-state index < -0.39 is 0 Å². The summed E-state index contributed by atoms with van der Waals surface area (Å²) in [5.74, 6) is 1.90. The van der Waals surface area contributed by atoms with E-state index in [1.165, 1.54) is 33.1 Å². The Morgan fingerprint density at radius 3 is 2.52 bits per heavy atom. The highest BCUT2D eigenvalue weighted by molar-refractivity contribution is 8.13. The number of carbonyl (C=O) groups excluding carboxylic acids is 1. The van der Waals surface area contributed by atoms with Gasteiger partial charge in [0.05, 0.1) is 27.9 Å². The number of amidine groups is 1. The predicted molar refractivity (Wildman–Crippen MR) is 105 cm³/mol. The summed E-state index contributed by atoms with van der Waals surface area (Å²) in [6.07, 6.45) is 3.55. The molecule has 2 heterocycles. The average Bonchev–Trinajstić information content (AvgIpc) is 3.19. The van der Waals surface area contributed by atoms with E-state index in [9.17, 15) is 4.79 Å². The van der Waals surface area contributed by atoms with Gasteiger partial charge in [-0.15, -0.1) is 0 Å². The van der Waals surface area contributed by atoms with E-state index in [4.69, 9.17) is 14.2 Å². The van der Waals surface area contributed by atoms with Gasteiger partial charge < -0.3 is 14.2 Å². The summed E-state index contributed by atoms with van der Waals surface area (Å²) in [4.78, 5) is 23.3. The lowest BCUT2D eigenvalue weighted by Crippen LogP contribution is -2.32. The standard InChI is InChI=1S/C19H21N3O4S/c1-24-15-9-14(10-16(25-2)17(15)26-3)18(23)22-8-7-21-19(22)27-12-13-5-4-6-20-11-13/h4-6,9-11H,7-8,12H2,1-3H3. The highest BCUT2D eigenvalue weighted by Crippen LogP contribution is 2.38. The van der Waals surface area contributed by atoms with Crippen molar-refractivity contribution in [2.75, 3.05) is 34.4 Å². The molecular weight excluding hydrogens is 366 g/mol. The first kappa shape index (κ1) is 19.0. The minimum absolute atomic E-state index is 0.149. The van der Waals surface area contributed by atoms with Crippen molar-refractivity contribution in [3.8, 4) is 17.2 Å². The van der Waals surface area contributed by atoms with E-state index in [0.29, 0.717) is 46.8 Å². The van der Waals surface area contributed by atoms with Gasteiger partial charge in [0.1, 0.15) is 0 Å². The molecule has 0 radical (unpaired) electrons. The number of pyridine rings is 1. The fourth-order valence-corrected chi connectivity index (χ4v) is 3.71. The van der Waals surface area contributed by atoms with E-state index in [2.05, 4.69) is 9.98 Å². The number of aliphatic imine (C=N–C) groups is 1. The van der Waals surface area contributed by atoms with Crippen LogP contribution in [0.3, 0.4) is 0 Å². The Morgan fingerprint density at radius 2 is 1.93 bits per heavy atom. The van der Waals surface area contributed by atoms with Gasteiger partial charge in [0.15, 0.2) is 16.7 Å². The van der Waals surface area contributed by atoms with Gasteiger partial charge >= 0.3 is 0 Å². The molecule has 27 heavy (non-hydrogen) atoms. The molecule has 0 aliphatic carbocycles. The van der Waals surface area contributed by atoms with E-state index in [1.54, 1.807) is 23.2 Å². The zero-order chi connectivity index (χ0) is 19.2. The molecule has 0 atom stereocenters. The number of hydrogen-bond donors (Lipinski definition) is 0. The van der Waals surface area contributed by atoms with Crippen molar-refractivity contribution in [3.63, 3.8) is 0 Å². The lowest BCUT2D eigenvalue weighted by molar-refractivity contribution is 0.0860. The van der Waals surface area contributed by atoms with Crippen LogP contribution >= 0.6 is 11.8 Å². The minimum Gasteiger partial charge on any atom is -0.493 e. The molecule has 1 aliphatic heterocycles. The second-order valence-electron chi connectivity index (χ2n) is 5.69. The topological polar surface area (TPSA) is 73.2 Å². The number of rotatable bonds is 6. The van der Waals surface area contributed by atoms with Crippen LogP contribution in [0.4, 0.5) is 0 Å². The monoisotopic (exact) mass is 387 g/mol. The van der Waals surface area contributed by atoms with Crippen molar-refractivity contribution < 1.29 is 19.0 Å². The number of nitrogens with zero attached hydrogens (tertiary/aromatic N) is 3. The highest BCUT2D eigenvalue weighted by atomic mass is 32.2. The maximum absolute atomic E-state index is 13.1. The quantitative estimate of drug-likeness (QED) is 0.759. The lowest BCUT2D eigenvalue weighted by atomic mass is 10.1. The van der Waals surface area contributed by atoms with Crippen LogP contribution in [0.15, 0.2) is 41.7 Å². The van der Waals surface area contributed by atoms with Crippen LogP contribution in [-0.2, 0) is 5.75 Å². The summed E-state index contributed by atoms with van der Waals surface area (Å²) in [6.45, 7) is 1.14. The van der Waals surface area contributed by atoms with Crippen LogP contribution in [-0.4, -0.2) is 55.4 Å². The number of aromatic nitrogens is 1. The van der Waals surface area contributed by atoms with Gasteiger partial charge in [-0.2, -0.15) is 0 Å². The maximum atomic E-state index is 13.1. The van der Waals surface area contributed by atoms with Crippen molar-refractivity contribution in [2.24, 2.45) is 4.99 Å². The Kier molecular flexibility index (Phi) is 6.18. The average molecular weight is 387 g/mol. The molecule has 1 amide bonds. The smallest absolute Gasteiger partial charge is 0.260 e. The van der Waals surface area contributed by atoms with Crippen molar-refractivity contribution in [3.05, 3.63) is 47.8 Å². The normalized spacial score (nSPS) is 13.3. The van der Waals surface area contributed by atoms with Crippen molar-refractivity contribution in [2.45, 2.75) is 5.75 Å². The first-order chi connectivity index (χ1) is 13.2. The summed E-state index contributed by atoms with van der Waals surface area (Å²) in [7, 11) is 4.58. The Bertz CT molecular complexity index is 817. The summed E-state index contributed by atoms with van der Waals surface area (Å²) in [5, 5.41) is 0.706. The molecule has 0 unspecified atom stereocenters. The Hall–Kier alpha value is -2.74. The van der Waals surface area contributed by atoms with Crippen LogP contribution in [0.25, 0.3) is 0 Å². The Balaban J connectivity index is 1.79. The molecule has 1 aromatic carbocycles. The molecule has 1 aromatic heterocycles. The summed E-state index contributed by atoms with van der Waals surface area (Å²) in [6, 6.07) is 7.21. The van der Waals surface area contributed by atoms with E-state index >= 15 is 0 Å². The van der Waals surface area contributed by atoms with Gasteiger partial charge in [-0.05, 0) is 23.8 Å². The van der Waals surface area contributed by atoms with E-state index in [0.717, 1.165) is 5.56 Å². The molecule has 3 rings (SSSR count). The Labute approximate surface area is 162 Å². The van der Waals surface area contributed by atoms with Crippen LogP contribution in [0.2, 0.25) is 0 Å². The molecule has 8 heteroatoms. The number of amides is 1. The fraction of sp³-hybridized carbons (Fsp3) is 0.316. The second kappa shape index (κ2) is 8.77. The fourth-order valence-electron chi connectivity index (χ4n) is 2.73. The number of ether oxygens (including phenoxy) is 3. The summed E-state index contributed by atoms with van der Waals surface area (Å²) < 4.78 is 16.0. The van der Waals surface area contributed by atoms with Gasteiger partial charge in [-0.3, -0.25) is 19.7 Å². The molecular formula is C19H21N3O4S. The second-order valence-corrected chi connectivity index (χ2v) is 6.63. The summed E-state index contributed by atoms with van der Waals surface area (Å²) >= 11 is 1.52. The van der Waals surface area contributed by atoms with Gasteiger partial charge in [0.25, 0.3) is 5.91 Å². The molecule has 0 N–H and O–H groups in total. The largest absolute Gasteiger partial charge is 0.493 e. The molecule has 7 nitrogen and oxygen atoms in total. The minimum atomic E-state index is -0.149. The van der Waals surface area contributed by atoms with Crippen LogP contribution in [0, 0.1) is 0 Å². The van der Waals surface area contributed by atoms with Crippen LogP contribution < -0.4 is 14.2 Å². The molecule has 0 fully saturated rings. The van der Waals surface area contributed by atoms with Crippen LogP contribution in [0.5, 0.6) is 17.2 Å². The van der Waals surface area contributed by atoms with Gasteiger partial charge in [-0.25, -0.2) is 0 Å². The number of thioether (sulfide) groups is 1. The zero-order valence-corrected chi connectivity index (χ0v) is 16.3. The molecule has 0 bridgehead atoms. The van der Waals surface area contributed by atoms with E-state index in [1.807, 2.05) is 18.3 Å². The molecule has 142 valence electrons. The third-order valence-corrected chi connectivity index (χ3v) is 5.13. The lowest BCUT2D eigenvalue weighted by Gasteiger charge is -2.19. The molecule has 0 spiro atoms. The maximum Gasteiger partial charge on any atom is 0.260 e. The number of hydrogen-bond acceptors (Lipinski definition) is 7. The van der Waals surface area contributed by atoms with E-state index in [-0.39, 0.29) is 5.91 Å². The third-order valence-electron chi connectivity index (χ3n) is 4.05. The van der Waals surface area contributed by atoms with Crippen molar-refractivity contribution >= 4 is 22.8 Å². The Morgan fingerprint density at radius 1 is 1.19 bits per heavy atom. The van der Waals surface area contributed by atoms with Gasteiger partial charge in [-0.1, -0.05) is 17.8 Å². The van der Waals surface area contributed by atoms with Gasteiger partial charge in [0.2, 0.25) is 5.75 Å². The highest BCUT2D eigenvalue weighted by Gasteiger charge is 2.27. The van der Waals surface area contributed by atoms with Crippen LogP contribution in [0.1, 0.15) is 15.9 Å². The number of benzene rings is 1. The van der Waals surface area contributed by atoms with Crippen molar-refractivity contribution in [1.29, 1.82) is 0 Å². The number of carbonyl (C=O) groups is 1. The first-order valence-electron chi connectivity index (χ1n) is 8.36.